The normalized spacial score (nSPS) is 10.5. The van der Waals surface area contributed by atoms with Crippen molar-refractivity contribution in [2.45, 2.75) is 13.0 Å². The lowest BCUT2D eigenvalue weighted by Crippen LogP contribution is -2.05. The number of ether oxygens (including phenoxy) is 1. The second-order valence-electron chi connectivity index (χ2n) is 3.71. The van der Waals surface area contributed by atoms with Crippen molar-refractivity contribution in [3.8, 4) is 5.75 Å². The molecular weight excluding hydrogens is 237 g/mol. The number of nitrogens with two attached hydrogens (primary N) is 1. The summed E-state index contributed by atoms with van der Waals surface area (Å²) in [7, 11) is 0. The molecule has 2 N–H and O–H groups in total. The van der Waals surface area contributed by atoms with Crippen LogP contribution in [0.25, 0.3) is 0 Å². The van der Waals surface area contributed by atoms with Crippen LogP contribution in [0, 0.1) is 5.82 Å². The first-order valence-corrected chi connectivity index (χ1v) is 6.36. The Morgan fingerprint density at radius 3 is 2.88 bits per heavy atom. The molecule has 4 heteroatoms. The summed E-state index contributed by atoms with van der Waals surface area (Å²) in [5.41, 5.74) is 7.44. The van der Waals surface area contributed by atoms with E-state index >= 15 is 0 Å². The molecule has 2 rings (SSSR count). The van der Waals surface area contributed by atoms with Crippen LogP contribution in [0.3, 0.4) is 0 Å². The highest BCUT2D eigenvalue weighted by molar-refractivity contribution is 7.07. The van der Waals surface area contributed by atoms with Crippen molar-refractivity contribution >= 4 is 11.3 Å². The molecule has 0 spiro atoms. The zero-order valence-electron chi connectivity index (χ0n) is 9.36. The van der Waals surface area contributed by atoms with Crippen LogP contribution < -0.4 is 10.5 Å². The number of thiophene rings is 1. The third-order valence-electron chi connectivity index (χ3n) is 2.41. The lowest BCUT2D eigenvalue weighted by molar-refractivity contribution is 0.303. The molecule has 2 aromatic rings. The highest BCUT2D eigenvalue weighted by Gasteiger charge is 2.05. The second-order valence-corrected chi connectivity index (χ2v) is 4.49. The van der Waals surface area contributed by atoms with Crippen LogP contribution in [-0.2, 0) is 13.0 Å². The molecule has 0 bridgehead atoms. The monoisotopic (exact) mass is 251 g/mol. The van der Waals surface area contributed by atoms with Crippen molar-refractivity contribution in [2.24, 2.45) is 5.73 Å². The number of halogens is 1. The van der Waals surface area contributed by atoms with Crippen LogP contribution in [0.4, 0.5) is 4.39 Å². The summed E-state index contributed by atoms with van der Waals surface area (Å²) in [5.74, 6) is 0.458. The first-order valence-electron chi connectivity index (χ1n) is 5.42. The Morgan fingerprint density at radius 2 is 2.18 bits per heavy atom. The predicted octanol–water partition coefficient (Wildman–Crippen LogP) is 2.97. The van der Waals surface area contributed by atoms with Gasteiger partial charge in [-0.25, -0.2) is 4.39 Å². The molecule has 0 unspecified atom stereocenters. The molecule has 0 fully saturated rings. The van der Waals surface area contributed by atoms with Gasteiger partial charge >= 0.3 is 0 Å². The summed E-state index contributed by atoms with van der Waals surface area (Å²) < 4.78 is 18.8. The Balaban J connectivity index is 2.08. The average molecular weight is 251 g/mol. The molecule has 90 valence electrons. The van der Waals surface area contributed by atoms with Crippen molar-refractivity contribution in [3.05, 3.63) is 52.0 Å². The Kier molecular flexibility index (Phi) is 4.12. The molecule has 0 amide bonds. The van der Waals surface area contributed by atoms with E-state index in [1.165, 1.54) is 12.1 Å². The van der Waals surface area contributed by atoms with Gasteiger partial charge in [0.25, 0.3) is 0 Å². The molecule has 0 aliphatic carbocycles. The summed E-state index contributed by atoms with van der Waals surface area (Å²) in [6.07, 6.45) is 0.622. The summed E-state index contributed by atoms with van der Waals surface area (Å²) in [5, 5.41) is 4.04. The minimum Gasteiger partial charge on any atom is -0.489 e. The maximum Gasteiger partial charge on any atom is 0.123 e. The predicted molar refractivity (Wildman–Crippen MR) is 67.8 cm³/mol. The van der Waals surface area contributed by atoms with E-state index < -0.39 is 0 Å². The van der Waals surface area contributed by atoms with Crippen molar-refractivity contribution in [1.82, 2.24) is 0 Å². The Morgan fingerprint density at radius 1 is 1.29 bits per heavy atom. The number of hydrogen-bond donors (Lipinski definition) is 1. The molecule has 0 radical (unpaired) electrons. The van der Waals surface area contributed by atoms with Crippen LogP contribution in [-0.4, -0.2) is 6.54 Å². The highest BCUT2D eigenvalue weighted by atomic mass is 32.1. The maximum absolute atomic E-state index is 13.1. The average Bonchev–Trinajstić information content (AvgIpc) is 2.81. The smallest absolute Gasteiger partial charge is 0.123 e. The van der Waals surface area contributed by atoms with E-state index in [4.69, 9.17) is 10.5 Å². The van der Waals surface area contributed by atoms with Gasteiger partial charge in [-0.1, -0.05) is 0 Å². The fourth-order valence-electron chi connectivity index (χ4n) is 1.58. The van der Waals surface area contributed by atoms with Crippen molar-refractivity contribution in [1.29, 1.82) is 0 Å². The van der Waals surface area contributed by atoms with Gasteiger partial charge in [-0.3, -0.25) is 0 Å². The van der Waals surface area contributed by atoms with Crippen molar-refractivity contribution in [2.75, 3.05) is 6.54 Å². The highest BCUT2D eigenvalue weighted by Crippen LogP contribution is 2.21. The molecular formula is C13H14FNOS. The van der Waals surface area contributed by atoms with E-state index in [1.807, 2.05) is 16.8 Å². The van der Waals surface area contributed by atoms with Gasteiger partial charge in [0, 0.05) is 0 Å². The van der Waals surface area contributed by atoms with E-state index in [-0.39, 0.29) is 5.82 Å². The van der Waals surface area contributed by atoms with Crippen LogP contribution in [0.2, 0.25) is 0 Å². The summed E-state index contributed by atoms with van der Waals surface area (Å²) >= 11 is 1.63. The van der Waals surface area contributed by atoms with Gasteiger partial charge in [0.2, 0.25) is 0 Å². The number of benzene rings is 1. The number of hydrogen-bond acceptors (Lipinski definition) is 3. The third kappa shape index (κ3) is 3.28. The summed E-state index contributed by atoms with van der Waals surface area (Å²) in [6, 6.07) is 6.56. The van der Waals surface area contributed by atoms with Crippen LogP contribution >= 0.6 is 11.3 Å². The molecule has 2 nitrogen and oxygen atoms in total. The van der Waals surface area contributed by atoms with Crippen LogP contribution in [0.5, 0.6) is 5.75 Å². The van der Waals surface area contributed by atoms with Gasteiger partial charge in [-0.05, 0) is 59.1 Å². The molecule has 0 atom stereocenters. The minimum absolute atomic E-state index is 0.253. The molecule has 1 aromatic heterocycles. The quantitative estimate of drug-likeness (QED) is 0.886. The van der Waals surface area contributed by atoms with Gasteiger partial charge < -0.3 is 10.5 Å². The van der Waals surface area contributed by atoms with E-state index in [0.29, 0.717) is 25.3 Å². The van der Waals surface area contributed by atoms with Crippen LogP contribution in [0.1, 0.15) is 11.1 Å². The van der Waals surface area contributed by atoms with E-state index in [9.17, 15) is 4.39 Å². The second kappa shape index (κ2) is 5.80. The Labute approximate surface area is 104 Å². The molecule has 0 aliphatic heterocycles. The Bertz CT molecular complexity index is 470. The topological polar surface area (TPSA) is 35.2 Å². The van der Waals surface area contributed by atoms with Crippen LogP contribution in [0.15, 0.2) is 35.0 Å². The molecule has 17 heavy (non-hydrogen) atoms. The summed E-state index contributed by atoms with van der Waals surface area (Å²) in [6.45, 7) is 0.991. The maximum atomic E-state index is 13.1. The van der Waals surface area contributed by atoms with Gasteiger partial charge in [0.05, 0.1) is 0 Å². The minimum atomic E-state index is -0.253. The molecule has 1 aromatic carbocycles. The zero-order valence-corrected chi connectivity index (χ0v) is 10.2. The lowest BCUT2D eigenvalue weighted by atomic mass is 10.1. The third-order valence-corrected chi connectivity index (χ3v) is 3.14. The van der Waals surface area contributed by atoms with E-state index in [0.717, 1.165) is 11.1 Å². The summed E-state index contributed by atoms with van der Waals surface area (Å²) in [4.78, 5) is 0. The van der Waals surface area contributed by atoms with Crippen molar-refractivity contribution < 1.29 is 9.13 Å². The van der Waals surface area contributed by atoms with E-state index in [1.54, 1.807) is 17.4 Å². The van der Waals surface area contributed by atoms with Gasteiger partial charge in [0.15, 0.2) is 0 Å². The number of rotatable bonds is 5. The largest absolute Gasteiger partial charge is 0.489 e. The van der Waals surface area contributed by atoms with Gasteiger partial charge in [-0.2, -0.15) is 11.3 Å². The molecule has 0 saturated heterocycles. The van der Waals surface area contributed by atoms with Gasteiger partial charge in [0.1, 0.15) is 18.2 Å². The first kappa shape index (κ1) is 12.1. The zero-order chi connectivity index (χ0) is 12.1. The molecule has 0 aliphatic rings. The first-order chi connectivity index (χ1) is 8.29. The SMILES string of the molecule is NCCc1cc(F)ccc1OCc1ccsc1. The Hall–Kier alpha value is -1.39. The standard InChI is InChI=1S/C13H14FNOS/c14-12-1-2-13(11(7-12)3-5-15)16-8-10-4-6-17-9-10/h1-2,4,6-7,9H,3,5,8,15H2. The fourth-order valence-corrected chi connectivity index (χ4v) is 2.23. The lowest BCUT2D eigenvalue weighted by Gasteiger charge is -2.10. The molecule has 1 heterocycles. The van der Waals surface area contributed by atoms with E-state index in [2.05, 4.69) is 0 Å². The fraction of sp³-hybridized carbons (Fsp3) is 0.231. The van der Waals surface area contributed by atoms with Gasteiger partial charge in [-0.15, -0.1) is 0 Å². The molecule has 0 saturated carbocycles. The van der Waals surface area contributed by atoms with Crippen molar-refractivity contribution in [3.63, 3.8) is 0 Å².